The SMILES string of the molecule is CCOc1cc2c(NCc3ccco3)nc(C)nc2cc1OC. The first-order valence-corrected chi connectivity index (χ1v) is 7.46. The van der Waals surface area contributed by atoms with E-state index in [0.29, 0.717) is 30.5 Å². The van der Waals surface area contributed by atoms with E-state index in [1.54, 1.807) is 13.4 Å². The minimum Gasteiger partial charge on any atom is -0.493 e. The summed E-state index contributed by atoms with van der Waals surface area (Å²) in [6, 6.07) is 7.55. The van der Waals surface area contributed by atoms with Gasteiger partial charge >= 0.3 is 0 Å². The molecule has 0 aliphatic carbocycles. The molecule has 0 aliphatic rings. The van der Waals surface area contributed by atoms with Crippen LogP contribution in [0.15, 0.2) is 34.9 Å². The van der Waals surface area contributed by atoms with E-state index >= 15 is 0 Å². The number of hydrogen-bond acceptors (Lipinski definition) is 6. The minimum atomic E-state index is 0.550. The monoisotopic (exact) mass is 313 g/mol. The maximum absolute atomic E-state index is 5.64. The quantitative estimate of drug-likeness (QED) is 0.750. The summed E-state index contributed by atoms with van der Waals surface area (Å²) < 4.78 is 16.4. The van der Waals surface area contributed by atoms with E-state index in [1.807, 2.05) is 38.1 Å². The lowest BCUT2D eigenvalue weighted by Crippen LogP contribution is -2.04. The zero-order chi connectivity index (χ0) is 16.2. The largest absolute Gasteiger partial charge is 0.493 e. The van der Waals surface area contributed by atoms with Crippen molar-refractivity contribution in [1.29, 1.82) is 0 Å². The van der Waals surface area contributed by atoms with Crippen LogP contribution in [-0.2, 0) is 6.54 Å². The number of hydrogen-bond donors (Lipinski definition) is 1. The van der Waals surface area contributed by atoms with Gasteiger partial charge in [0.2, 0.25) is 0 Å². The second-order valence-corrected chi connectivity index (χ2v) is 5.01. The third kappa shape index (κ3) is 3.21. The molecule has 2 aromatic heterocycles. The summed E-state index contributed by atoms with van der Waals surface area (Å²) in [4.78, 5) is 8.98. The summed E-state index contributed by atoms with van der Waals surface area (Å²) in [6.07, 6.45) is 1.65. The van der Waals surface area contributed by atoms with Crippen LogP contribution in [0.2, 0.25) is 0 Å². The normalized spacial score (nSPS) is 10.7. The standard InChI is InChI=1S/C17H19N3O3/c1-4-22-16-8-13-14(9-15(16)21-3)19-11(2)20-17(13)18-10-12-6-5-7-23-12/h5-9H,4,10H2,1-3H3,(H,18,19,20). The number of rotatable bonds is 6. The van der Waals surface area contributed by atoms with Gasteiger partial charge < -0.3 is 19.2 Å². The molecule has 0 fully saturated rings. The van der Waals surface area contributed by atoms with Crippen LogP contribution in [0.4, 0.5) is 5.82 Å². The second kappa shape index (κ2) is 6.56. The number of furan rings is 1. The number of aromatic nitrogens is 2. The fraction of sp³-hybridized carbons (Fsp3) is 0.294. The van der Waals surface area contributed by atoms with Crippen molar-refractivity contribution in [3.63, 3.8) is 0 Å². The Balaban J connectivity index is 2.03. The number of nitrogens with zero attached hydrogens (tertiary/aromatic N) is 2. The minimum absolute atomic E-state index is 0.550. The smallest absolute Gasteiger partial charge is 0.162 e. The highest BCUT2D eigenvalue weighted by Crippen LogP contribution is 2.34. The van der Waals surface area contributed by atoms with Crippen LogP contribution < -0.4 is 14.8 Å². The van der Waals surface area contributed by atoms with Crippen molar-refractivity contribution in [3.05, 3.63) is 42.1 Å². The summed E-state index contributed by atoms with van der Waals surface area (Å²) >= 11 is 0. The zero-order valence-corrected chi connectivity index (χ0v) is 13.4. The molecule has 3 aromatic rings. The third-order valence-electron chi connectivity index (χ3n) is 3.40. The molecule has 6 nitrogen and oxygen atoms in total. The number of fused-ring (bicyclic) bond motifs is 1. The maximum atomic E-state index is 5.64. The van der Waals surface area contributed by atoms with Gasteiger partial charge in [0.05, 0.1) is 32.0 Å². The van der Waals surface area contributed by atoms with Gasteiger partial charge in [-0.3, -0.25) is 0 Å². The van der Waals surface area contributed by atoms with Crippen LogP contribution in [0.3, 0.4) is 0 Å². The highest BCUT2D eigenvalue weighted by Gasteiger charge is 2.12. The first-order valence-electron chi connectivity index (χ1n) is 7.46. The van der Waals surface area contributed by atoms with Crippen molar-refractivity contribution in [2.24, 2.45) is 0 Å². The first kappa shape index (κ1) is 15.1. The summed E-state index contributed by atoms with van der Waals surface area (Å²) in [5.41, 5.74) is 0.805. The Morgan fingerprint density at radius 2 is 2.09 bits per heavy atom. The predicted molar refractivity (Wildman–Crippen MR) is 88.0 cm³/mol. The Labute approximate surface area is 134 Å². The van der Waals surface area contributed by atoms with Gasteiger partial charge in [-0.2, -0.15) is 0 Å². The lowest BCUT2D eigenvalue weighted by Gasteiger charge is -2.13. The van der Waals surface area contributed by atoms with Crippen molar-refractivity contribution in [1.82, 2.24) is 9.97 Å². The van der Waals surface area contributed by atoms with Gasteiger partial charge in [0.15, 0.2) is 11.5 Å². The van der Waals surface area contributed by atoms with Crippen LogP contribution >= 0.6 is 0 Å². The summed E-state index contributed by atoms with van der Waals surface area (Å²) in [6.45, 7) is 4.91. The summed E-state index contributed by atoms with van der Waals surface area (Å²) in [5.74, 6) is 3.61. The molecule has 23 heavy (non-hydrogen) atoms. The lowest BCUT2D eigenvalue weighted by atomic mass is 10.2. The molecule has 0 amide bonds. The van der Waals surface area contributed by atoms with Crippen LogP contribution in [-0.4, -0.2) is 23.7 Å². The number of benzene rings is 1. The Morgan fingerprint density at radius 3 is 2.78 bits per heavy atom. The Morgan fingerprint density at radius 1 is 1.22 bits per heavy atom. The molecule has 120 valence electrons. The average Bonchev–Trinajstić information content (AvgIpc) is 3.06. The van der Waals surface area contributed by atoms with Crippen molar-refractivity contribution >= 4 is 16.7 Å². The Hall–Kier alpha value is -2.76. The van der Waals surface area contributed by atoms with Crippen LogP contribution in [0.5, 0.6) is 11.5 Å². The lowest BCUT2D eigenvalue weighted by molar-refractivity contribution is 0.311. The maximum Gasteiger partial charge on any atom is 0.162 e. The first-order chi connectivity index (χ1) is 11.2. The van der Waals surface area contributed by atoms with Crippen LogP contribution in [0.25, 0.3) is 10.9 Å². The highest BCUT2D eigenvalue weighted by molar-refractivity contribution is 5.91. The molecule has 3 rings (SSSR count). The van der Waals surface area contributed by atoms with Gasteiger partial charge in [0.1, 0.15) is 17.4 Å². The van der Waals surface area contributed by atoms with E-state index in [0.717, 1.165) is 22.5 Å². The molecule has 2 heterocycles. The van der Waals surface area contributed by atoms with Crippen molar-refractivity contribution in [2.75, 3.05) is 19.0 Å². The van der Waals surface area contributed by atoms with Crippen LogP contribution in [0, 0.1) is 6.92 Å². The topological polar surface area (TPSA) is 69.4 Å². The molecule has 0 radical (unpaired) electrons. The Bertz CT molecular complexity index is 800. The van der Waals surface area contributed by atoms with E-state index in [-0.39, 0.29) is 0 Å². The zero-order valence-electron chi connectivity index (χ0n) is 13.4. The van der Waals surface area contributed by atoms with Gasteiger partial charge in [0, 0.05) is 11.5 Å². The second-order valence-electron chi connectivity index (χ2n) is 5.01. The molecule has 6 heteroatoms. The number of ether oxygens (including phenoxy) is 2. The number of aryl methyl sites for hydroxylation is 1. The van der Waals surface area contributed by atoms with Crippen molar-refractivity contribution in [3.8, 4) is 11.5 Å². The van der Waals surface area contributed by atoms with Gasteiger partial charge in [-0.1, -0.05) is 0 Å². The molecular formula is C17H19N3O3. The molecule has 1 aromatic carbocycles. The van der Waals surface area contributed by atoms with E-state index < -0.39 is 0 Å². The van der Waals surface area contributed by atoms with E-state index in [1.165, 1.54) is 0 Å². The van der Waals surface area contributed by atoms with Crippen molar-refractivity contribution in [2.45, 2.75) is 20.4 Å². The van der Waals surface area contributed by atoms with E-state index in [2.05, 4.69) is 15.3 Å². The molecular weight excluding hydrogens is 294 g/mol. The molecule has 0 bridgehead atoms. The molecule has 0 unspecified atom stereocenters. The third-order valence-corrected chi connectivity index (χ3v) is 3.40. The molecule has 0 spiro atoms. The number of nitrogens with one attached hydrogen (secondary N) is 1. The van der Waals surface area contributed by atoms with Gasteiger partial charge in [-0.15, -0.1) is 0 Å². The van der Waals surface area contributed by atoms with E-state index in [9.17, 15) is 0 Å². The van der Waals surface area contributed by atoms with Gasteiger partial charge in [-0.25, -0.2) is 9.97 Å². The van der Waals surface area contributed by atoms with Gasteiger partial charge in [0.25, 0.3) is 0 Å². The van der Waals surface area contributed by atoms with Crippen molar-refractivity contribution < 1.29 is 13.9 Å². The molecule has 0 saturated heterocycles. The fourth-order valence-electron chi connectivity index (χ4n) is 2.40. The fourth-order valence-corrected chi connectivity index (χ4v) is 2.40. The Kier molecular flexibility index (Phi) is 4.32. The molecule has 1 N–H and O–H groups in total. The molecule has 0 atom stereocenters. The predicted octanol–water partition coefficient (Wildman–Crippen LogP) is 3.55. The average molecular weight is 313 g/mol. The number of methoxy groups -OCH3 is 1. The van der Waals surface area contributed by atoms with Gasteiger partial charge in [-0.05, 0) is 32.0 Å². The van der Waals surface area contributed by atoms with E-state index in [4.69, 9.17) is 13.9 Å². The highest BCUT2D eigenvalue weighted by atomic mass is 16.5. The molecule has 0 aliphatic heterocycles. The summed E-state index contributed by atoms with van der Waals surface area (Å²) in [7, 11) is 1.62. The summed E-state index contributed by atoms with van der Waals surface area (Å²) in [5, 5.41) is 4.18. The van der Waals surface area contributed by atoms with Crippen LogP contribution in [0.1, 0.15) is 18.5 Å². The molecule has 0 saturated carbocycles. The number of anilines is 1.